The lowest BCUT2D eigenvalue weighted by atomic mass is 10.00. The Morgan fingerprint density at radius 1 is 1.26 bits per heavy atom. The van der Waals surface area contributed by atoms with E-state index in [2.05, 4.69) is 22.8 Å². The van der Waals surface area contributed by atoms with Crippen molar-refractivity contribution in [3.63, 3.8) is 0 Å². The highest BCUT2D eigenvalue weighted by Gasteiger charge is 2.14. The van der Waals surface area contributed by atoms with E-state index in [0.29, 0.717) is 6.79 Å². The topological polar surface area (TPSA) is 42.5 Å². The zero-order chi connectivity index (χ0) is 12.9. The highest BCUT2D eigenvalue weighted by atomic mass is 16.7. The summed E-state index contributed by atoms with van der Waals surface area (Å²) in [5.41, 5.74) is 1.30. The van der Waals surface area contributed by atoms with Crippen molar-refractivity contribution >= 4 is 0 Å². The first-order valence-corrected chi connectivity index (χ1v) is 7.22. The van der Waals surface area contributed by atoms with Crippen LogP contribution in [0.3, 0.4) is 0 Å². The molecule has 3 rings (SSSR count). The Bertz CT molecular complexity index is 417. The molecular weight excluding hydrogens is 240 g/mol. The van der Waals surface area contributed by atoms with E-state index in [1.165, 1.54) is 24.9 Å². The summed E-state index contributed by atoms with van der Waals surface area (Å²) in [6.07, 6.45) is 3.70. The molecule has 0 aromatic heterocycles. The summed E-state index contributed by atoms with van der Waals surface area (Å²) >= 11 is 0. The lowest BCUT2D eigenvalue weighted by Crippen LogP contribution is -2.36. The van der Waals surface area contributed by atoms with E-state index in [0.717, 1.165) is 43.5 Å². The Morgan fingerprint density at radius 2 is 2.21 bits per heavy atom. The molecule has 2 N–H and O–H groups in total. The number of hydrogen-bond donors (Lipinski definition) is 2. The van der Waals surface area contributed by atoms with Gasteiger partial charge in [0, 0.05) is 0 Å². The Kier molecular flexibility index (Phi) is 4.20. The van der Waals surface area contributed by atoms with Gasteiger partial charge in [-0.05, 0) is 69.1 Å². The van der Waals surface area contributed by atoms with Crippen LogP contribution in [-0.2, 0) is 6.42 Å². The van der Waals surface area contributed by atoms with Gasteiger partial charge in [0.2, 0.25) is 6.79 Å². The average Bonchev–Trinajstić information content (AvgIpc) is 2.92. The van der Waals surface area contributed by atoms with Gasteiger partial charge in [-0.1, -0.05) is 6.07 Å². The van der Waals surface area contributed by atoms with Crippen molar-refractivity contribution < 1.29 is 9.47 Å². The number of nitrogens with one attached hydrogen (secondary N) is 2. The first-order chi connectivity index (χ1) is 9.42. The molecular formula is C15H22N2O2. The van der Waals surface area contributed by atoms with Gasteiger partial charge in [0.05, 0.1) is 0 Å². The van der Waals surface area contributed by atoms with E-state index < -0.39 is 0 Å². The number of fused-ring (bicyclic) bond motifs is 1. The molecule has 2 aliphatic heterocycles. The molecule has 0 radical (unpaired) electrons. The zero-order valence-corrected chi connectivity index (χ0v) is 11.3. The van der Waals surface area contributed by atoms with Crippen LogP contribution in [-0.4, -0.2) is 33.0 Å². The van der Waals surface area contributed by atoms with Crippen molar-refractivity contribution in [2.45, 2.75) is 19.3 Å². The fourth-order valence-corrected chi connectivity index (χ4v) is 2.73. The molecule has 0 saturated carbocycles. The molecule has 1 atom stereocenters. The molecule has 104 valence electrons. The maximum Gasteiger partial charge on any atom is 0.231 e. The predicted molar refractivity (Wildman–Crippen MR) is 74.7 cm³/mol. The van der Waals surface area contributed by atoms with Gasteiger partial charge in [-0.25, -0.2) is 0 Å². The quantitative estimate of drug-likeness (QED) is 0.790. The summed E-state index contributed by atoms with van der Waals surface area (Å²) in [4.78, 5) is 0. The van der Waals surface area contributed by atoms with Gasteiger partial charge in [0.15, 0.2) is 11.5 Å². The summed E-state index contributed by atoms with van der Waals surface area (Å²) in [6, 6.07) is 6.21. The van der Waals surface area contributed by atoms with E-state index in [-0.39, 0.29) is 0 Å². The minimum Gasteiger partial charge on any atom is -0.454 e. The molecule has 2 aliphatic rings. The van der Waals surface area contributed by atoms with Crippen molar-refractivity contribution in [3.8, 4) is 11.5 Å². The number of hydrogen-bond acceptors (Lipinski definition) is 4. The molecule has 0 spiro atoms. The van der Waals surface area contributed by atoms with Crippen LogP contribution in [0.1, 0.15) is 18.4 Å². The number of piperidine rings is 1. The molecule has 1 unspecified atom stereocenters. The fraction of sp³-hybridized carbons (Fsp3) is 0.600. The Morgan fingerprint density at radius 3 is 3.11 bits per heavy atom. The third kappa shape index (κ3) is 3.39. The molecule has 4 heteroatoms. The number of benzene rings is 1. The molecule has 19 heavy (non-hydrogen) atoms. The van der Waals surface area contributed by atoms with Gasteiger partial charge in [-0.15, -0.1) is 0 Å². The van der Waals surface area contributed by atoms with Crippen molar-refractivity contribution in [1.29, 1.82) is 0 Å². The second kappa shape index (κ2) is 6.26. The molecule has 0 bridgehead atoms. The SMILES string of the molecule is c1cc2c(cc1CCNCC1CCCNC1)OCO2. The second-order valence-corrected chi connectivity index (χ2v) is 5.35. The normalized spacial score (nSPS) is 21.6. The summed E-state index contributed by atoms with van der Waals surface area (Å²) in [6.45, 7) is 4.85. The highest BCUT2D eigenvalue weighted by molar-refractivity contribution is 5.44. The van der Waals surface area contributed by atoms with E-state index in [1.54, 1.807) is 0 Å². The Hall–Kier alpha value is -1.26. The van der Waals surface area contributed by atoms with Crippen molar-refractivity contribution in [3.05, 3.63) is 23.8 Å². The van der Waals surface area contributed by atoms with Crippen LogP contribution < -0.4 is 20.1 Å². The van der Waals surface area contributed by atoms with Gasteiger partial charge < -0.3 is 20.1 Å². The van der Waals surface area contributed by atoms with E-state index in [4.69, 9.17) is 9.47 Å². The minimum absolute atomic E-state index is 0.353. The largest absolute Gasteiger partial charge is 0.454 e. The van der Waals surface area contributed by atoms with Crippen LogP contribution in [0.5, 0.6) is 11.5 Å². The van der Waals surface area contributed by atoms with Crippen LogP contribution in [0.4, 0.5) is 0 Å². The third-order valence-corrected chi connectivity index (χ3v) is 3.86. The highest BCUT2D eigenvalue weighted by Crippen LogP contribution is 2.32. The lowest BCUT2D eigenvalue weighted by molar-refractivity contribution is 0.174. The van der Waals surface area contributed by atoms with Gasteiger partial charge in [-0.3, -0.25) is 0 Å². The molecule has 0 amide bonds. The van der Waals surface area contributed by atoms with Crippen LogP contribution in [0.15, 0.2) is 18.2 Å². The van der Waals surface area contributed by atoms with Gasteiger partial charge in [0.25, 0.3) is 0 Å². The lowest BCUT2D eigenvalue weighted by Gasteiger charge is -2.22. The molecule has 0 aliphatic carbocycles. The molecule has 1 aromatic rings. The second-order valence-electron chi connectivity index (χ2n) is 5.35. The van der Waals surface area contributed by atoms with Crippen LogP contribution in [0, 0.1) is 5.92 Å². The van der Waals surface area contributed by atoms with Crippen LogP contribution >= 0.6 is 0 Å². The van der Waals surface area contributed by atoms with Crippen molar-refractivity contribution in [1.82, 2.24) is 10.6 Å². The number of rotatable bonds is 5. The van der Waals surface area contributed by atoms with E-state index in [9.17, 15) is 0 Å². The Labute approximate surface area is 114 Å². The zero-order valence-electron chi connectivity index (χ0n) is 11.3. The smallest absolute Gasteiger partial charge is 0.231 e. The summed E-state index contributed by atoms with van der Waals surface area (Å²) in [7, 11) is 0. The van der Waals surface area contributed by atoms with Gasteiger partial charge in [-0.2, -0.15) is 0 Å². The van der Waals surface area contributed by atoms with Crippen LogP contribution in [0.25, 0.3) is 0 Å². The molecule has 4 nitrogen and oxygen atoms in total. The number of ether oxygens (including phenoxy) is 2. The molecule has 1 fully saturated rings. The third-order valence-electron chi connectivity index (χ3n) is 3.86. The molecule has 2 heterocycles. The monoisotopic (exact) mass is 262 g/mol. The summed E-state index contributed by atoms with van der Waals surface area (Å²) in [5, 5.41) is 7.01. The van der Waals surface area contributed by atoms with Gasteiger partial charge in [0.1, 0.15) is 0 Å². The average molecular weight is 262 g/mol. The Balaban J connectivity index is 1.40. The van der Waals surface area contributed by atoms with E-state index in [1.807, 2.05) is 6.07 Å². The summed E-state index contributed by atoms with van der Waals surface area (Å²) < 4.78 is 10.7. The standard InChI is InChI=1S/C15H22N2O2/c1-2-13(9-16-6-1)10-17-7-5-12-3-4-14-15(8-12)19-11-18-14/h3-4,8,13,16-17H,1-2,5-7,9-11H2. The first-order valence-electron chi connectivity index (χ1n) is 7.22. The first kappa shape index (κ1) is 12.8. The summed E-state index contributed by atoms with van der Waals surface area (Å²) in [5.74, 6) is 2.55. The maximum absolute atomic E-state index is 5.39. The fourth-order valence-electron chi connectivity index (χ4n) is 2.73. The molecule has 1 saturated heterocycles. The molecule has 1 aromatic carbocycles. The minimum atomic E-state index is 0.353. The maximum atomic E-state index is 5.39. The van der Waals surface area contributed by atoms with Crippen LogP contribution in [0.2, 0.25) is 0 Å². The van der Waals surface area contributed by atoms with E-state index >= 15 is 0 Å². The predicted octanol–water partition coefficient (Wildman–Crippen LogP) is 1.55. The van der Waals surface area contributed by atoms with Gasteiger partial charge >= 0.3 is 0 Å². The van der Waals surface area contributed by atoms with Crippen molar-refractivity contribution in [2.24, 2.45) is 5.92 Å². The van der Waals surface area contributed by atoms with Crippen molar-refractivity contribution in [2.75, 3.05) is 33.0 Å².